The Morgan fingerprint density at radius 1 is 1.06 bits per heavy atom. The van der Waals surface area contributed by atoms with Crippen LogP contribution < -0.4 is 19.8 Å². The highest BCUT2D eigenvalue weighted by atomic mass is 16.5. The lowest BCUT2D eigenvalue weighted by Gasteiger charge is -2.14. The average Bonchev–Trinajstić information content (AvgIpc) is 2.84. The molecule has 3 aromatic rings. The molecule has 0 saturated heterocycles. The topological polar surface area (TPSA) is 106 Å². The van der Waals surface area contributed by atoms with Crippen molar-refractivity contribution in [3.05, 3.63) is 75.1 Å². The summed E-state index contributed by atoms with van der Waals surface area (Å²) in [7, 11) is 4.66. The monoisotopic (exact) mass is 447 g/mol. The van der Waals surface area contributed by atoms with E-state index in [1.165, 1.54) is 17.9 Å². The largest absolute Gasteiger partial charge is 0.497 e. The molecule has 170 valence electrons. The fourth-order valence-electron chi connectivity index (χ4n) is 3.40. The molecule has 0 amide bonds. The zero-order valence-electron chi connectivity index (χ0n) is 19.0. The first-order valence-electron chi connectivity index (χ1n) is 10.2. The van der Waals surface area contributed by atoms with Crippen LogP contribution in [0.3, 0.4) is 0 Å². The van der Waals surface area contributed by atoms with Crippen molar-refractivity contribution in [1.82, 2.24) is 4.57 Å². The molecule has 0 atom stereocenters. The summed E-state index contributed by atoms with van der Waals surface area (Å²) in [4.78, 5) is 17.3. The number of nitrogens with zero attached hydrogens (tertiary/aromatic N) is 3. The number of nitriles is 1. The maximum Gasteiger partial charge on any atom is 0.271 e. The van der Waals surface area contributed by atoms with Crippen LogP contribution in [0.15, 0.2) is 52.3 Å². The van der Waals surface area contributed by atoms with E-state index in [4.69, 9.17) is 14.2 Å². The zero-order chi connectivity index (χ0) is 24.0. The van der Waals surface area contributed by atoms with Crippen molar-refractivity contribution in [2.75, 3.05) is 21.3 Å². The van der Waals surface area contributed by atoms with Crippen molar-refractivity contribution in [3.63, 3.8) is 0 Å². The third kappa shape index (κ3) is 4.99. The molecule has 33 heavy (non-hydrogen) atoms. The van der Waals surface area contributed by atoms with Crippen molar-refractivity contribution >= 4 is 11.9 Å². The molecule has 0 fully saturated rings. The van der Waals surface area contributed by atoms with Gasteiger partial charge in [-0.2, -0.15) is 5.26 Å². The van der Waals surface area contributed by atoms with E-state index in [9.17, 15) is 15.2 Å². The summed E-state index contributed by atoms with van der Waals surface area (Å²) in [5, 5.41) is 20.5. The van der Waals surface area contributed by atoms with Crippen LogP contribution in [0.1, 0.15) is 22.3 Å². The van der Waals surface area contributed by atoms with Gasteiger partial charge in [0.05, 0.1) is 26.9 Å². The number of aromatic hydroxyl groups is 1. The Balaban J connectivity index is 2.01. The van der Waals surface area contributed by atoms with E-state index >= 15 is 0 Å². The molecule has 0 aliphatic carbocycles. The van der Waals surface area contributed by atoms with Gasteiger partial charge >= 0.3 is 0 Å². The summed E-state index contributed by atoms with van der Waals surface area (Å²) >= 11 is 0. The smallest absolute Gasteiger partial charge is 0.271 e. The van der Waals surface area contributed by atoms with Gasteiger partial charge in [0, 0.05) is 18.8 Å². The highest BCUT2D eigenvalue weighted by molar-refractivity contribution is 5.88. The number of methoxy groups -OCH3 is 3. The molecule has 3 rings (SSSR count). The third-order valence-corrected chi connectivity index (χ3v) is 5.35. The predicted molar refractivity (Wildman–Crippen MR) is 125 cm³/mol. The normalized spacial score (nSPS) is 10.8. The van der Waals surface area contributed by atoms with E-state index in [2.05, 4.69) is 4.99 Å². The van der Waals surface area contributed by atoms with Crippen LogP contribution in [0.2, 0.25) is 0 Å². The van der Waals surface area contributed by atoms with E-state index in [0.29, 0.717) is 29.2 Å². The molecule has 8 heteroatoms. The van der Waals surface area contributed by atoms with Gasteiger partial charge in [-0.15, -0.1) is 0 Å². The lowest BCUT2D eigenvalue weighted by Crippen LogP contribution is -2.26. The summed E-state index contributed by atoms with van der Waals surface area (Å²) in [6.45, 7) is 1.80. The fraction of sp³-hybridized carbons (Fsp3) is 0.240. The molecular formula is C25H25N3O5. The Hall–Kier alpha value is -4.25. The van der Waals surface area contributed by atoms with Crippen molar-refractivity contribution in [2.45, 2.75) is 19.9 Å². The number of aryl methyl sites for hydroxylation is 1. The molecule has 0 bridgehead atoms. The Morgan fingerprint density at radius 3 is 2.33 bits per heavy atom. The number of aromatic nitrogens is 1. The Kier molecular flexibility index (Phi) is 7.36. The molecule has 1 N–H and O–H groups in total. The summed E-state index contributed by atoms with van der Waals surface area (Å²) in [6.07, 6.45) is 1.90. The van der Waals surface area contributed by atoms with E-state index < -0.39 is 5.56 Å². The lowest BCUT2D eigenvalue weighted by molar-refractivity contribution is 0.403. The zero-order valence-corrected chi connectivity index (χ0v) is 19.0. The summed E-state index contributed by atoms with van der Waals surface area (Å²) in [5.41, 5.74) is 1.48. The molecule has 0 unspecified atom stereocenters. The van der Waals surface area contributed by atoms with Crippen LogP contribution in [-0.2, 0) is 13.0 Å². The molecular weight excluding hydrogens is 422 g/mol. The first kappa shape index (κ1) is 23.4. The molecule has 2 aromatic carbocycles. The predicted octanol–water partition coefficient (Wildman–Crippen LogP) is 3.75. The van der Waals surface area contributed by atoms with Gasteiger partial charge in [-0.1, -0.05) is 12.1 Å². The van der Waals surface area contributed by atoms with Gasteiger partial charge in [-0.25, -0.2) is 0 Å². The van der Waals surface area contributed by atoms with Gasteiger partial charge in [0.15, 0.2) is 0 Å². The second kappa shape index (κ2) is 10.4. The average molecular weight is 447 g/mol. The highest BCUT2D eigenvalue weighted by Gasteiger charge is 2.18. The molecule has 0 radical (unpaired) electrons. The SMILES string of the molecule is COc1ccc(CCn2c(O)c(C=Nc3cc(OC)ccc3OC)c(C)c(C#N)c2=O)cc1. The Bertz CT molecular complexity index is 1270. The quantitative estimate of drug-likeness (QED) is 0.527. The number of aliphatic imine (C=N–C) groups is 1. The molecule has 0 saturated carbocycles. The fourth-order valence-corrected chi connectivity index (χ4v) is 3.40. The summed E-state index contributed by atoms with van der Waals surface area (Å²) in [6, 6.07) is 14.5. The number of hydrogen-bond donors (Lipinski definition) is 1. The van der Waals surface area contributed by atoms with E-state index in [1.807, 2.05) is 30.3 Å². The van der Waals surface area contributed by atoms with Gasteiger partial charge in [0.1, 0.15) is 34.6 Å². The van der Waals surface area contributed by atoms with Crippen molar-refractivity contribution < 1.29 is 19.3 Å². The van der Waals surface area contributed by atoms with Crippen LogP contribution >= 0.6 is 0 Å². The molecule has 0 aliphatic heterocycles. The first-order valence-corrected chi connectivity index (χ1v) is 10.2. The summed E-state index contributed by atoms with van der Waals surface area (Å²) < 4.78 is 16.9. The van der Waals surface area contributed by atoms with Crippen molar-refractivity contribution in [2.24, 2.45) is 4.99 Å². The number of rotatable bonds is 8. The molecule has 0 aliphatic rings. The van der Waals surface area contributed by atoms with Crippen LogP contribution in [0.5, 0.6) is 23.1 Å². The minimum atomic E-state index is -0.544. The van der Waals surface area contributed by atoms with Gasteiger partial charge < -0.3 is 19.3 Å². The maximum absolute atomic E-state index is 12.9. The Labute approximate surface area is 191 Å². The third-order valence-electron chi connectivity index (χ3n) is 5.35. The van der Waals surface area contributed by atoms with Crippen LogP contribution in [0, 0.1) is 18.3 Å². The van der Waals surface area contributed by atoms with E-state index in [0.717, 1.165) is 11.3 Å². The molecule has 0 spiro atoms. The van der Waals surface area contributed by atoms with Gasteiger partial charge in [0.25, 0.3) is 5.56 Å². The minimum Gasteiger partial charge on any atom is -0.497 e. The first-order chi connectivity index (χ1) is 15.9. The lowest BCUT2D eigenvalue weighted by atomic mass is 10.1. The highest BCUT2D eigenvalue weighted by Crippen LogP contribution is 2.32. The van der Waals surface area contributed by atoms with E-state index in [1.54, 1.807) is 39.3 Å². The number of pyridine rings is 1. The van der Waals surface area contributed by atoms with E-state index in [-0.39, 0.29) is 23.6 Å². The van der Waals surface area contributed by atoms with Crippen molar-refractivity contribution in [3.8, 4) is 29.2 Å². The maximum atomic E-state index is 12.9. The van der Waals surface area contributed by atoms with Crippen LogP contribution in [0.4, 0.5) is 5.69 Å². The van der Waals surface area contributed by atoms with Crippen LogP contribution in [0.25, 0.3) is 0 Å². The minimum absolute atomic E-state index is 0.0402. The molecule has 1 aromatic heterocycles. The Morgan fingerprint density at radius 2 is 1.73 bits per heavy atom. The second-order valence-electron chi connectivity index (χ2n) is 7.20. The van der Waals surface area contributed by atoms with Gasteiger partial charge in [-0.05, 0) is 48.7 Å². The van der Waals surface area contributed by atoms with Crippen molar-refractivity contribution in [1.29, 1.82) is 5.26 Å². The molecule has 8 nitrogen and oxygen atoms in total. The van der Waals surface area contributed by atoms with Gasteiger partial charge in [0.2, 0.25) is 5.88 Å². The second-order valence-corrected chi connectivity index (χ2v) is 7.20. The van der Waals surface area contributed by atoms with Crippen LogP contribution in [-0.4, -0.2) is 37.2 Å². The number of benzene rings is 2. The molecule has 1 heterocycles. The standard InChI is InChI=1S/C25H25N3O5/c1-16-20(14-26)24(29)28(12-11-17-5-7-18(31-2)8-6-17)25(30)21(16)15-27-22-13-19(32-3)9-10-23(22)33-4/h5-10,13,15,30H,11-12H2,1-4H3. The summed E-state index contributed by atoms with van der Waals surface area (Å²) in [5.74, 6) is 1.58. The van der Waals surface area contributed by atoms with Gasteiger partial charge in [-0.3, -0.25) is 14.4 Å². The number of hydrogen-bond acceptors (Lipinski definition) is 7. The number of ether oxygens (including phenoxy) is 3.